The maximum Gasteiger partial charge on any atom is 0.0957 e. The summed E-state index contributed by atoms with van der Waals surface area (Å²) in [6.45, 7) is 8.19. The molecule has 0 radical (unpaired) electrons. The number of allylic oxidation sites excluding steroid dienone is 1. The van der Waals surface area contributed by atoms with Crippen molar-refractivity contribution < 1.29 is 0 Å². The van der Waals surface area contributed by atoms with Crippen molar-refractivity contribution >= 4 is 27.4 Å². The number of benzene rings is 1. The Morgan fingerprint density at radius 3 is 2.62 bits per heavy atom. The zero-order chi connectivity index (χ0) is 17.8. The number of rotatable bonds is 2. The Bertz CT molecular complexity index is 1180. The Morgan fingerprint density at radius 2 is 1.88 bits per heavy atom. The molecule has 1 aliphatic rings. The van der Waals surface area contributed by atoms with Gasteiger partial charge < -0.3 is 0 Å². The first kappa shape index (κ1) is 15.3. The number of aryl methyl sites for hydroxylation is 2. The quantitative estimate of drug-likeness (QED) is 0.553. The average Bonchev–Trinajstić information content (AvgIpc) is 3.26. The first-order valence-corrected chi connectivity index (χ1v) is 9.14. The third-order valence-corrected chi connectivity index (χ3v) is 5.49. The fourth-order valence-electron chi connectivity index (χ4n) is 4.25. The summed E-state index contributed by atoms with van der Waals surface area (Å²) < 4.78 is 0. The number of hydrogen-bond acceptors (Lipinski definition) is 3. The molecule has 5 rings (SSSR count). The molecular weight excluding hydrogens is 322 g/mol. The third-order valence-electron chi connectivity index (χ3n) is 5.49. The van der Waals surface area contributed by atoms with E-state index in [1.54, 1.807) is 0 Å². The molecule has 5 heteroatoms. The molecule has 4 aromatic rings. The Labute approximate surface area is 151 Å². The minimum absolute atomic E-state index is 0.951. The highest BCUT2D eigenvalue weighted by atomic mass is 15.1. The fourth-order valence-corrected chi connectivity index (χ4v) is 4.25. The van der Waals surface area contributed by atoms with Gasteiger partial charge >= 0.3 is 0 Å². The van der Waals surface area contributed by atoms with Crippen LogP contribution in [0.5, 0.6) is 0 Å². The first-order valence-electron chi connectivity index (χ1n) is 9.14. The number of H-pyrrole nitrogens is 2. The normalized spacial score (nSPS) is 14.1. The van der Waals surface area contributed by atoms with E-state index in [1.165, 1.54) is 29.4 Å². The molecule has 1 aromatic carbocycles. The number of aromatic nitrogens is 5. The zero-order valence-corrected chi connectivity index (χ0v) is 15.1. The Kier molecular flexibility index (Phi) is 3.26. The van der Waals surface area contributed by atoms with Gasteiger partial charge in [0, 0.05) is 22.0 Å². The molecule has 1 aliphatic carbocycles. The molecule has 3 aromatic heterocycles. The van der Waals surface area contributed by atoms with Crippen LogP contribution in [-0.2, 0) is 12.8 Å². The van der Waals surface area contributed by atoms with E-state index in [4.69, 9.17) is 4.98 Å². The van der Waals surface area contributed by atoms with Crippen LogP contribution >= 0.6 is 0 Å². The molecule has 0 saturated carbocycles. The minimum atomic E-state index is 0.951. The van der Waals surface area contributed by atoms with Crippen LogP contribution in [0.4, 0.5) is 0 Å². The number of hydrogen-bond donors (Lipinski definition) is 2. The molecule has 2 N–H and O–H groups in total. The molecular formula is C21H21N5. The summed E-state index contributed by atoms with van der Waals surface area (Å²) in [5.74, 6) is 0. The highest BCUT2D eigenvalue weighted by Gasteiger charge is 2.23. The van der Waals surface area contributed by atoms with Gasteiger partial charge in [0.1, 0.15) is 0 Å². The van der Waals surface area contributed by atoms with Gasteiger partial charge in [0.05, 0.1) is 28.6 Å². The van der Waals surface area contributed by atoms with Crippen LogP contribution in [0.25, 0.3) is 38.6 Å². The lowest BCUT2D eigenvalue weighted by Gasteiger charge is -2.21. The van der Waals surface area contributed by atoms with E-state index in [0.29, 0.717) is 0 Å². The van der Waals surface area contributed by atoms with Gasteiger partial charge in [-0.3, -0.25) is 10.2 Å². The fraction of sp³-hybridized carbons (Fsp3) is 0.286. The Hall–Kier alpha value is -2.95. The van der Waals surface area contributed by atoms with Crippen molar-refractivity contribution in [2.24, 2.45) is 0 Å². The number of fused-ring (bicyclic) bond motifs is 5. The second-order valence-electron chi connectivity index (χ2n) is 7.27. The smallest absolute Gasteiger partial charge is 0.0957 e. The highest BCUT2D eigenvalue weighted by molar-refractivity contribution is 6.11. The van der Waals surface area contributed by atoms with Crippen molar-refractivity contribution in [2.75, 3.05) is 0 Å². The van der Waals surface area contributed by atoms with Gasteiger partial charge in [-0.1, -0.05) is 6.58 Å². The van der Waals surface area contributed by atoms with E-state index < -0.39 is 0 Å². The minimum Gasteiger partial charge on any atom is -0.282 e. The maximum atomic E-state index is 5.09. The van der Waals surface area contributed by atoms with Crippen LogP contribution in [0.2, 0.25) is 0 Å². The molecule has 0 unspecified atom stereocenters. The van der Waals surface area contributed by atoms with Crippen LogP contribution in [0.15, 0.2) is 24.9 Å². The third kappa shape index (κ3) is 2.06. The second kappa shape index (κ2) is 5.53. The summed E-state index contributed by atoms with van der Waals surface area (Å²) in [5, 5.41) is 17.4. The molecule has 0 bridgehead atoms. The van der Waals surface area contributed by atoms with Crippen LogP contribution < -0.4 is 0 Å². The monoisotopic (exact) mass is 343 g/mol. The van der Waals surface area contributed by atoms with Crippen molar-refractivity contribution in [1.29, 1.82) is 0 Å². The lowest BCUT2D eigenvalue weighted by atomic mass is 9.85. The van der Waals surface area contributed by atoms with Gasteiger partial charge in [0.15, 0.2) is 0 Å². The van der Waals surface area contributed by atoms with Crippen molar-refractivity contribution in [3.8, 4) is 11.3 Å². The molecule has 0 atom stereocenters. The first-order chi connectivity index (χ1) is 12.6. The predicted molar refractivity (Wildman–Crippen MR) is 105 cm³/mol. The largest absolute Gasteiger partial charge is 0.282 e. The topological polar surface area (TPSA) is 70.2 Å². The lowest BCUT2D eigenvalue weighted by molar-refractivity contribution is 0.689. The van der Waals surface area contributed by atoms with Crippen LogP contribution in [0.1, 0.15) is 42.3 Å². The van der Waals surface area contributed by atoms with E-state index in [9.17, 15) is 0 Å². The molecule has 0 fully saturated rings. The summed E-state index contributed by atoms with van der Waals surface area (Å²) in [5.41, 5.74) is 10.1. The van der Waals surface area contributed by atoms with Gasteiger partial charge in [-0.25, -0.2) is 4.98 Å². The number of nitrogens with one attached hydrogen (secondary N) is 2. The summed E-state index contributed by atoms with van der Waals surface area (Å²) in [4.78, 5) is 5.09. The van der Waals surface area contributed by atoms with Crippen molar-refractivity contribution in [2.45, 2.75) is 39.5 Å². The molecule has 5 nitrogen and oxygen atoms in total. The van der Waals surface area contributed by atoms with E-state index in [-0.39, 0.29) is 0 Å². The van der Waals surface area contributed by atoms with Gasteiger partial charge in [-0.2, -0.15) is 10.2 Å². The number of nitrogens with zero attached hydrogens (tertiary/aromatic N) is 3. The molecule has 0 aliphatic heterocycles. The van der Waals surface area contributed by atoms with Crippen LogP contribution in [0, 0.1) is 6.92 Å². The van der Waals surface area contributed by atoms with Crippen molar-refractivity contribution in [1.82, 2.24) is 25.4 Å². The SMILES string of the molecule is C=C(C)c1n[nH]c2ccc3nc(-c4cn[nH]c4C)c4c(c3c12)CCCC4. The maximum absolute atomic E-state index is 5.09. The van der Waals surface area contributed by atoms with Gasteiger partial charge in [-0.15, -0.1) is 0 Å². The second-order valence-corrected chi connectivity index (χ2v) is 7.27. The van der Waals surface area contributed by atoms with E-state index in [0.717, 1.165) is 57.5 Å². The predicted octanol–water partition coefficient (Wildman–Crippen LogP) is 4.72. The van der Waals surface area contributed by atoms with Crippen molar-refractivity contribution in [3.63, 3.8) is 0 Å². The summed E-state index contributed by atoms with van der Waals surface area (Å²) in [6.07, 6.45) is 6.46. The molecule has 0 spiro atoms. The average molecular weight is 343 g/mol. The standard InChI is InChI=1S/C21H21N5/c1-11(2)20-19-17(25-26-20)9-8-16-18(19)13-6-4-5-7-14(13)21(23-16)15-10-22-24-12(15)3/h8-10H,1,4-7H2,2-3H3,(H,22,24)(H,25,26). The number of aromatic amines is 2. The summed E-state index contributed by atoms with van der Waals surface area (Å²) in [6, 6.07) is 4.18. The number of pyridine rings is 1. The summed E-state index contributed by atoms with van der Waals surface area (Å²) in [7, 11) is 0. The molecule has 0 saturated heterocycles. The van der Waals surface area contributed by atoms with E-state index in [2.05, 4.69) is 46.0 Å². The molecule has 26 heavy (non-hydrogen) atoms. The van der Waals surface area contributed by atoms with Gasteiger partial charge in [-0.05, 0) is 68.4 Å². The highest BCUT2D eigenvalue weighted by Crippen LogP contribution is 2.39. The van der Waals surface area contributed by atoms with E-state index in [1.807, 2.05) is 13.1 Å². The Balaban J connectivity index is 1.95. The zero-order valence-electron chi connectivity index (χ0n) is 15.1. The van der Waals surface area contributed by atoms with E-state index >= 15 is 0 Å². The van der Waals surface area contributed by atoms with Gasteiger partial charge in [0.25, 0.3) is 0 Å². The lowest BCUT2D eigenvalue weighted by Crippen LogP contribution is -2.08. The molecule has 3 heterocycles. The van der Waals surface area contributed by atoms with Crippen LogP contribution in [0.3, 0.4) is 0 Å². The molecule has 0 amide bonds. The molecule has 130 valence electrons. The summed E-state index contributed by atoms with van der Waals surface area (Å²) >= 11 is 0. The Morgan fingerprint density at radius 1 is 1.08 bits per heavy atom. The van der Waals surface area contributed by atoms with Crippen molar-refractivity contribution in [3.05, 3.63) is 47.4 Å². The van der Waals surface area contributed by atoms with Gasteiger partial charge in [0.2, 0.25) is 0 Å². The van der Waals surface area contributed by atoms with Crippen LogP contribution in [-0.4, -0.2) is 25.4 Å².